The van der Waals surface area contributed by atoms with Crippen molar-refractivity contribution >= 4 is 5.88 Å². The fourth-order valence-corrected chi connectivity index (χ4v) is 3.15. The Bertz CT molecular complexity index is 931. The van der Waals surface area contributed by atoms with E-state index in [0.29, 0.717) is 36.5 Å². The van der Waals surface area contributed by atoms with Gasteiger partial charge in [0.25, 0.3) is 5.89 Å². The van der Waals surface area contributed by atoms with Crippen molar-refractivity contribution in [3.8, 4) is 17.7 Å². The van der Waals surface area contributed by atoms with E-state index in [9.17, 15) is 5.26 Å². The number of furan rings is 1. The zero-order valence-electron chi connectivity index (χ0n) is 15.3. The molecule has 27 heavy (non-hydrogen) atoms. The van der Waals surface area contributed by atoms with E-state index >= 15 is 0 Å². The second kappa shape index (κ2) is 7.25. The lowest BCUT2D eigenvalue weighted by Crippen LogP contribution is -2.47. The summed E-state index contributed by atoms with van der Waals surface area (Å²) in [6.45, 7) is 7.05. The van der Waals surface area contributed by atoms with Crippen LogP contribution in [0.2, 0.25) is 0 Å². The molecule has 4 heterocycles. The molecule has 0 unspecified atom stereocenters. The number of hydrogen-bond acceptors (Lipinski definition) is 9. The average molecular weight is 368 g/mol. The second-order valence-electron chi connectivity index (χ2n) is 6.36. The van der Waals surface area contributed by atoms with Crippen LogP contribution >= 0.6 is 0 Å². The molecule has 0 saturated carbocycles. The number of nitrogens with zero attached hydrogens (tertiary/aromatic N) is 6. The van der Waals surface area contributed by atoms with Crippen molar-refractivity contribution in [1.29, 1.82) is 5.26 Å². The Labute approximate surface area is 156 Å². The van der Waals surface area contributed by atoms with Crippen LogP contribution in [0.5, 0.6) is 0 Å². The largest absolute Gasteiger partial charge is 0.459 e. The highest BCUT2D eigenvalue weighted by Gasteiger charge is 2.29. The normalized spacial score (nSPS) is 16.4. The van der Waals surface area contributed by atoms with Gasteiger partial charge in [-0.25, -0.2) is 0 Å². The Balaban J connectivity index is 1.45. The first kappa shape index (κ1) is 17.3. The van der Waals surface area contributed by atoms with E-state index in [1.165, 1.54) is 0 Å². The van der Waals surface area contributed by atoms with E-state index in [-0.39, 0.29) is 11.7 Å². The third-order valence-corrected chi connectivity index (χ3v) is 4.75. The molecule has 0 radical (unpaired) electrons. The molecule has 1 saturated heterocycles. The number of oxazole rings is 1. The Kier molecular flexibility index (Phi) is 4.64. The van der Waals surface area contributed by atoms with E-state index in [1.807, 2.05) is 11.8 Å². The lowest BCUT2D eigenvalue weighted by Gasteiger charge is -2.36. The molecule has 0 bridgehead atoms. The summed E-state index contributed by atoms with van der Waals surface area (Å²) in [6, 6.07) is 5.67. The first-order chi connectivity index (χ1) is 13.2. The highest BCUT2D eigenvalue weighted by Crippen LogP contribution is 2.30. The Hall–Kier alpha value is -3.12. The molecule has 0 aliphatic carbocycles. The number of anilines is 1. The standard InChI is InChI=1S/C18H20N6O3/c1-3-15-21-16(27-22-15)12(2)23-6-8-24(9-7-23)18-13(11-19)20-17(26-18)14-5-4-10-25-14/h4-5,10,12H,3,6-9H2,1-2H3/t12-/m0/s1. The lowest BCUT2D eigenvalue weighted by atomic mass is 10.2. The van der Waals surface area contributed by atoms with Gasteiger partial charge in [0.1, 0.15) is 6.07 Å². The molecule has 3 aromatic rings. The van der Waals surface area contributed by atoms with Gasteiger partial charge in [0.05, 0.1) is 12.3 Å². The molecule has 1 fully saturated rings. The summed E-state index contributed by atoms with van der Waals surface area (Å²) >= 11 is 0. The van der Waals surface area contributed by atoms with Gasteiger partial charge in [-0.05, 0) is 19.1 Å². The van der Waals surface area contributed by atoms with Crippen molar-refractivity contribution in [2.75, 3.05) is 31.1 Å². The highest BCUT2D eigenvalue weighted by molar-refractivity contribution is 5.55. The summed E-state index contributed by atoms with van der Waals surface area (Å²) in [5, 5.41) is 13.4. The molecule has 0 spiro atoms. The van der Waals surface area contributed by atoms with Crippen LogP contribution in [0.1, 0.15) is 37.3 Å². The molecular formula is C18H20N6O3. The van der Waals surface area contributed by atoms with Gasteiger partial charge in [-0.15, -0.1) is 0 Å². The Morgan fingerprint density at radius 1 is 1.26 bits per heavy atom. The molecule has 1 aliphatic heterocycles. The van der Waals surface area contributed by atoms with Crippen LogP contribution < -0.4 is 4.90 Å². The fraction of sp³-hybridized carbons (Fsp3) is 0.444. The monoisotopic (exact) mass is 368 g/mol. The van der Waals surface area contributed by atoms with E-state index < -0.39 is 0 Å². The third-order valence-electron chi connectivity index (χ3n) is 4.75. The smallest absolute Gasteiger partial charge is 0.266 e. The quantitative estimate of drug-likeness (QED) is 0.671. The molecule has 140 valence electrons. The topological polar surface area (TPSA) is 108 Å². The van der Waals surface area contributed by atoms with E-state index in [2.05, 4.69) is 33.0 Å². The van der Waals surface area contributed by atoms with Gasteiger partial charge in [-0.2, -0.15) is 15.2 Å². The molecule has 0 amide bonds. The Morgan fingerprint density at radius 3 is 2.70 bits per heavy atom. The van der Waals surface area contributed by atoms with Crippen LogP contribution in [0.4, 0.5) is 5.88 Å². The van der Waals surface area contributed by atoms with Gasteiger partial charge >= 0.3 is 0 Å². The molecule has 0 N–H and O–H groups in total. The summed E-state index contributed by atoms with van der Waals surface area (Å²) in [5.41, 5.74) is 0.271. The zero-order valence-corrected chi connectivity index (χ0v) is 15.3. The number of aromatic nitrogens is 3. The SMILES string of the molecule is CCc1noc([C@H](C)N2CCN(c3oc(-c4ccco4)nc3C#N)CC2)n1. The molecule has 0 aromatic carbocycles. The minimum Gasteiger partial charge on any atom is -0.459 e. The van der Waals surface area contributed by atoms with Crippen molar-refractivity contribution in [2.24, 2.45) is 0 Å². The number of aryl methyl sites for hydroxylation is 1. The minimum absolute atomic E-state index is 0.0452. The fourth-order valence-electron chi connectivity index (χ4n) is 3.15. The van der Waals surface area contributed by atoms with Gasteiger partial charge < -0.3 is 18.3 Å². The zero-order chi connectivity index (χ0) is 18.8. The number of nitriles is 1. The Morgan fingerprint density at radius 2 is 2.07 bits per heavy atom. The molecule has 1 atom stereocenters. The molecule has 4 rings (SSSR count). The summed E-state index contributed by atoms with van der Waals surface area (Å²) in [6.07, 6.45) is 2.30. The van der Waals surface area contributed by atoms with Gasteiger partial charge in [0.2, 0.25) is 17.5 Å². The van der Waals surface area contributed by atoms with Crippen molar-refractivity contribution in [3.05, 3.63) is 35.8 Å². The lowest BCUT2D eigenvalue weighted by molar-refractivity contribution is 0.162. The number of piperazine rings is 1. The van der Waals surface area contributed by atoms with Crippen LogP contribution in [-0.4, -0.2) is 46.2 Å². The van der Waals surface area contributed by atoms with Crippen LogP contribution in [0.15, 0.2) is 31.8 Å². The first-order valence-corrected chi connectivity index (χ1v) is 8.96. The van der Waals surface area contributed by atoms with Gasteiger partial charge in [-0.3, -0.25) is 4.90 Å². The minimum atomic E-state index is 0.0452. The maximum absolute atomic E-state index is 9.41. The van der Waals surface area contributed by atoms with E-state index in [4.69, 9.17) is 13.4 Å². The van der Waals surface area contributed by atoms with E-state index in [1.54, 1.807) is 18.4 Å². The maximum atomic E-state index is 9.41. The summed E-state index contributed by atoms with van der Waals surface area (Å²) < 4.78 is 16.5. The molecule has 3 aromatic heterocycles. The number of hydrogen-bond donors (Lipinski definition) is 0. The van der Waals surface area contributed by atoms with Crippen molar-refractivity contribution in [1.82, 2.24) is 20.0 Å². The van der Waals surface area contributed by atoms with Crippen molar-refractivity contribution in [2.45, 2.75) is 26.3 Å². The van der Waals surface area contributed by atoms with Crippen LogP contribution in [0.3, 0.4) is 0 Å². The molecular weight excluding hydrogens is 348 g/mol. The average Bonchev–Trinajstić information content (AvgIpc) is 3.47. The van der Waals surface area contributed by atoms with Gasteiger partial charge in [0, 0.05) is 32.6 Å². The number of rotatable bonds is 5. The third kappa shape index (κ3) is 3.31. The van der Waals surface area contributed by atoms with Gasteiger partial charge in [0.15, 0.2) is 11.6 Å². The van der Waals surface area contributed by atoms with E-state index in [0.717, 1.165) is 25.3 Å². The predicted octanol–water partition coefficient (Wildman–Crippen LogP) is 2.63. The summed E-state index contributed by atoms with van der Waals surface area (Å²) in [5.74, 6) is 2.68. The molecule has 9 nitrogen and oxygen atoms in total. The highest BCUT2D eigenvalue weighted by atomic mass is 16.5. The predicted molar refractivity (Wildman–Crippen MR) is 94.8 cm³/mol. The van der Waals surface area contributed by atoms with Crippen LogP contribution in [-0.2, 0) is 6.42 Å². The van der Waals surface area contributed by atoms with Crippen molar-refractivity contribution in [3.63, 3.8) is 0 Å². The van der Waals surface area contributed by atoms with Gasteiger partial charge in [-0.1, -0.05) is 12.1 Å². The van der Waals surface area contributed by atoms with Crippen molar-refractivity contribution < 1.29 is 13.4 Å². The second-order valence-corrected chi connectivity index (χ2v) is 6.36. The first-order valence-electron chi connectivity index (χ1n) is 8.96. The summed E-state index contributed by atoms with van der Waals surface area (Å²) in [4.78, 5) is 13.0. The van der Waals surface area contributed by atoms with Crippen LogP contribution in [0.25, 0.3) is 11.7 Å². The maximum Gasteiger partial charge on any atom is 0.266 e. The molecule has 9 heteroatoms. The van der Waals surface area contributed by atoms with Crippen LogP contribution in [0, 0.1) is 11.3 Å². The molecule has 1 aliphatic rings. The summed E-state index contributed by atoms with van der Waals surface area (Å²) in [7, 11) is 0.